The minimum Gasteiger partial charge on any atom is -0.458 e. The first-order chi connectivity index (χ1) is 21.0. The lowest BCUT2D eigenvalue weighted by molar-refractivity contribution is -0.173. The number of hydrogen-bond donors (Lipinski definition) is 3. The zero-order valence-electron chi connectivity index (χ0n) is 25.6. The molecule has 1 aromatic carbocycles. The zero-order valence-corrected chi connectivity index (χ0v) is 25.6. The average molecular weight is 603 g/mol. The standard InChI is InChI=1S/C35H42N2O7/c1-33-14-11-23(38)17-22(33)7-8-25-26-12-15-35(43,34(26,2)18-28(39)32(25)33)29(40)20-44-31(42)10-9-30(41)36-16-13-21-19-37-27-6-4-3-5-24(21)27/h3-6,17,19,25-26,32,37,43H,7-16,18,20H2,1-2H3,(H,36,41)/t25-,26+,32+,33+,34+,35+/m1/s1. The maximum atomic E-state index is 13.8. The van der Waals surface area contributed by atoms with Gasteiger partial charge in [0.1, 0.15) is 11.4 Å². The molecule has 9 nitrogen and oxygen atoms in total. The highest BCUT2D eigenvalue weighted by atomic mass is 16.5. The monoisotopic (exact) mass is 602 g/mol. The van der Waals surface area contributed by atoms with E-state index in [0.29, 0.717) is 32.2 Å². The quantitative estimate of drug-likeness (QED) is 0.366. The van der Waals surface area contributed by atoms with Crippen molar-refractivity contribution in [3.05, 3.63) is 47.7 Å². The van der Waals surface area contributed by atoms with E-state index in [2.05, 4.69) is 17.2 Å². The second-order valence-electron chi connectivity index (χ2n) is 13.8. The number of allylic oxidation sites excluding steroid dienone is 1. The van der Waals surface area contributed by atoms with Gasteiger partial charge < -0.3 is 20.1 Å². The number of carbonyl (C=O) groups excluding carboxylic acids is 5. The lowest BCUT2D eigenvalue weighted by Gasteiger charge is -2.57. The fraction of sp³-hybridized carbons (Fsp3) is 0.571. The summed E-state index contributed by atoms with van der Waals surface area (Å²) in [6, 6.07) is 7.94. The average Bonchev–Trinajstić information content (AvgIpc) is 3.53. The van der Waals surface area contributed by atoms with Crippen LogP contribution < -0.4 is 5.32 Å². The molecule has 0 unspecified atom stereocenters. The minimum absolute atomic E-state index is 0.0150. The van der Waals surface area contributed by atoms with Crippen molar-refractivity contribution in [3.63, 3.8) is 0 Å². The third-order valence-electron chi connectivity index (χ3n) is 11.6. The first kappa shape index (κ1) is 30.4. The molecule has 6 rings (SSSR count). The molecule has 0 aliphatic heterocycles. The van der Waals surface area contributed by atoms with Crippen LogP contribution in [-0.2, 0) is 35.1 Å². The van der Waals surface area contributed by atoms with Crippen LogP contribution in [0.1, 0.15) is 77.2 Å². The Morgan fingerprint density at radius 1 is 1.07 bits per heavy atom. The number of fused-ring (bicyclic) bond motifs is 6. The van der Waals surface area contributed by atoms with E-state index in [4.69, 9.17) is 4.74 Å². The second kappa shape index (κ2) is 11.4. The third-order valence-corrected chi connectivity index (χ3v) is 11.6. The SMILES string of the molecule is C[C@]12CCC(=O)C=C1CC[C@H]1[C@H]2C(=O)C[C@@]2(C)[C@H]1CC[C@]2(O)C(=O)COC(=O)CCC(=O)NCCc1c[nH]c2ccccc12. The summed E-state index contributed by atoms with van der Waals surface area (Å²) in [4.78, 5) is 67.3. The summed E-state index contributed by atoms with van der Waals surface area (Å²) in [6.45, 7) is 3.79. The Labute approximate surface area is 257 Å². The number of hydrogen-bond acceptors (Lipinski definition) is 7. The zero-order chi connectivity index (χ0) is 31.3. The van der Waals surface area contributed by atoms with Crippen molar-refractivity contribution in [1.82, 2.24) is 10.3 Å². The van der Waals surface area contributed by atoms with Gasteiger partial charge in [-0.15, -0.1) is 0 Å². The van der Waals surface area contributed by atoms with Crippen LogP contribution in [0.2, 0.25) is 0 Å². The summed E-state index contributed by atoms with van der Waals surface area (Å²) >= 11 is 0. The number of aliphatic hydroxyl groups is 1. The summed E-state index contributed by atoms with van der Waals surface area (Å²) in [5.41, 5.74) is 0.151. The number of benzene rings is 1. The molecular weight excluding hydrogens is 560 g/mol. The number of ether oxygens (including phenoxy) is 1. The molecule has 0 saturated heterocycles. The molecule has 4 aliphatic rings. The lowest BCUT2D eigenvalue weighted by atomic mass is 9.46. The van der Waals surface area contributed by atoms with Crippen molar-refractivity contribution in [2.45, 2.75) is 83.7 Å². The number of nitrogens with one attached hydrogen (secondary N) is 2. The Morgan fingerprint density at radius 2 is 1.86 bits per heavy atom. The van der Waals surface area contributed by atoms with Crippen LogP contribution >= 0.6 is 0 Å². The Bertz CT molecular complexity index is 1560. The molecule has 1 aromatic heterocycles. The first-order valence-electron chi connectivity index (χ1n) is 16.0. The van der Waals surface area contributed by atoms with Crippen molar-refractivity contribution in [3.8, 4) is 0 Å². The number of amides is 1. The highest BCUT2D eigenvalue weighted by Crippen LogP contribution is 2.66. The summed E-state index contributed by atoms with van der Waals surface area (Å²) in [5, 5.41) is 15.7. The van der Waals surface area contributed by atoms with Gasteiger partial charge in [0.25, 0.3) is 0 Å². The van der Waals surface area contributed by atoms with E-state index in [-0.39, 0.29) is 66.3 Å². The van der Waals surface area contributed by atoms with Gasteiger partial charge in [-0.1, -0.05) is 37.6 Å². The smallest absolute Gasteiger partial charge is 0.306 e. The maximum absolute atomic E-state index is 13.8. The van der Waals surface area contributed by atoms with Crippen LogP contribution in [0.3, 0.4) is 0 Å². The number of para-hydroxylation sites is 1. The van der Waals surface area contributed by atoms with Crippen molar-refractivity contribution in [1.29, 1.82) is 0 Å². The number of aromatic nitrogens is 1. The van der Waals surface area contributed by atoms with Gasteiger partial charge in [0, 0.05) is 54.2 Å². The molecule has 4 aliphatic carbocycles. The van der Waals surface area contributed by atoms with E-state index in [0.717, 1.165) is 34.9 Å². The topological polar surface area (TPSA) is 143 Å². The molecule has 234 valence electrons. The van der Waals surface area contributed by atoms with Gasteiger partial charge in [0.05, 0.1) is 6.42 Å². The molecule has 1 heterocycles. The van der Waals surface area contributed by atoms with E-state index < -0.39 is 29.4 Å². The molecule has 0 bridgehead atoms. The van der Waals surface area contributed by atoms with Crippen molar-refractivity contribution in [2.24, 2.45) is 28.6 Å². The summed E-state index contributed by atoms with van der Waals surface area (Å²) in [6.07, 6.45) is 7.62. The molecule has 44 heavy (non-hydrogen) atoms. The third kappa shape index (κ3) is 5.03. The van der Waals surface area contributed by atoms with Crippen LogP contribution in [0.4, 0.5) is 0 Å². The minimum atomic E-state index is -1.77. The maximum Gasteiger partial charge on any atom is 0.306 e. The van der Waals surface area contributed by atoms with E-state index in [9.17, 15) is 29.1 Å². The Hall–Kier alpha value is -3.59. The predicted molar refractivity (Wildman–Crippen MR) is 162 cm³/mol. The number of esters is 1. The van der Waals surface area contributed by atoms with Crippen molar-refractivity contribution < 1.29 is 33.8 Å². The number of aromatic amines is 1. The van der Waals surface area contributed by atoms with E-state index in [1.807, 2.05) is 37.4 Å². The molecule has 9 heteroatoms. The van der Waals surface area contributed by atoms with Gasteiger partial charge in [0.15, 0.2) is 12.4 Å². The van der Waals surface area contributed by atoms with Crippen LogP contribution in [0.15, 0.2) is 42.1 Å². The Morgan fingerprint density at radius 3 is 2.68 bits per heavy atom. The van der Waals surface area contributed by atoms with Crippen LogP contribution in [0.25, 0.3) is 10.9 Å². The molecule has 0 radical (unpaired) electrons. The molecular formula is C35H42N2O7. The van der Waals surface area contributed by atoms with Gasteiger partial charge in [-0.25, -0.2) is 0 Å². The molecule has 6 atom stereocenters. The number of ketones is 3. The number of rotatable bonds is 9. The molecule has 3 saturated carbocycles. The second-order valence-corrected chi connectivity index (χ2v) is 13.8. The van der Waals surface area contributed by atoms with Crippen LogP contribution in [0.5, 0.6) is 0 Å². The lowest BCUT2D eigenvalue weighted by Crippen LogP contribution is -2.61. The fourth-order valence-corrected chi connectivity index (χ4v) is 9.16. The molecule has 3 N–H and O–H groups in total. The van der Waals surface area contributed by atoms with Crippen molar-refractivity contribution >= 4 is 40.1 Å². The number of H-pyrrole nitrogens is 1. The van der Waals surface area contributed by atoms with Gasteiger partial charge in [-0.2, -0.15) is 0 Å². The number of Topliss-reactive ketones (excluding diaryl/α,β-unsaturated/α-hetero) is 2. The predicted octanol–water partition coefficient (Wildman–Crippen LogP) is 4.16. The van der Waals surface area contributed by atoms with E-state index >= 15 is 0 Å². The summed E-state index contributed by atoms with van der Waals surface area (Å²) in [7, 11) is 0. The fourth-order valence-electron chi connectivity index (χ4n) is 9.16. The van der Waals surface area contributed by atoms with Gasteiger partial charge in [-0.05, 0) is 73.5 Å². The van der Waals surface area contributed by atoms with E-state index in [1.165, 1.54) is 0 Å². The van der Waals surface area contributed by atoms with Crippen LogP contribution in [-0.4, -0.2) is 58.1 Å². The molecule has 2 aromatic rings. The summed E-state index contributed by atoms with van der Waals surface area (Å²) < 4.78 is 5.24. The number of carbonyl (C=O) groups is 5. The molecule has 3 fully saturated rings. The van der Waals surface area contributed by atoms with Crippen LogP contribution in [0, 0.1) is 28.6 Å². The largest absolute Gasteiger partial charge is 0.458 e. The summed E-state index contributed by atoms with van der Waals surface area (Å²) in [5.74, 6) is -1.56. The Balaban J connectivity index is 1.01. The first-order valence-corrected chi connectivity index (χ1v) is 16.0. The molecule has 0 spiro atoms. The Kier molecular flexibility index (Phi) is 7.89. The normalized spacial score (nSPS) is 32.8. The van der Waals surface area contributed by atoms with Gasteiger partial charge in [-0.3, -0.25) is 24.0 Å². The van der Waals surface area contributed by atoms with Crippen molar-refractivity contribution in [2.75, 3.05) is 13.2 Å². The van der Waals surface area contributed by atoms with E-state index in [1.54, 1.807) is 6.08 Å². The van der Waals surface area contributed by atoms with Gasteiger partial charge in [0.2, 0.25) is 11.7 Å². The highest BCUT2D eigenvalue weighted by molar-refractivity contribution is 5.95. The highest BCUT2D eigenvalue weighted by Gasteiger charge is 2.68. The molecule has 1 amide bonds. The van der Waals surface area contributed by atoms with Gasteiger partial charge >= 0.3 is 5.97 Å².